The number of nitriles is 1. The SMILES string of the molecule is CN1/C(=C(\C#N)C(=O)C[NH+]2CCN(c3ccccc3)CC2)Sc2ccccc21. The summed E-state index contributed by atoms with van der Waals surface area (Å²) in [6.45, 7) is 4.02. The van der Waals surface area contributed by atoms with E-state index < -0.39 is 0 Å². The van der Waals surface area contributed by atoms with Crippen LogP contribution in [0, 0.1) is 11.3 Å². The van der Waals surface area contributed by atoms with Gasteiger partial charge in [0.2, 0.25) is 5.78 Å². The lowest BCUT2D eigenvalue weighted by atomic mass is 10.1. The molecular formula is C22H23N4OS+. The number of thioether (sulfide) groups is 1. The zero-order chi connectivity index (χ0) is 19.5. The largest absolute Gasteiger partial charge is 0.360 e. The molecule has 2 aromatic rings. The summed E-state index contributed by atoms with van der Waals surface area (Å²) in [6.07, 6.45) is 0. The summed E-state index contributed by atoms with van der Waals surface area (Å²) in [5.41, 5.74) is 2.56. The van der Waals surface area contributed by atoms with E-state index in [4.69, 9.17) is 0 Å². The van der Waals surface area contributed by atoms with Crippen molar-refractivity contribution in [3.8, 4) is 6.07 Å². The third kappa shape index (κ3) is 3.64. The van der Waals surface area contributed by atoms with E-state index in [0.29, 0.717) is 6.54 Å². The zero-order valence-electron chi connectivity index (χ0n) is 15.9. The predicted molar refractivity (Wildman–Crippen MR) is 113 cm³/mol. The van der Waals surface area contributed by atoms with Crippen LogP contribution in [-0.2, 0) is 4.79 Å². The maximum absolute atomic E-state index is 12.9. The lowest BCUT2D eigenvalue weighted by molar-refractivity contribution is -0.892. The molecule has 1 fully saturated rings. The van der Waals surface area contributed by atoms with Gasteiger partial charge < -0.3 is 14.7 Å². The molecule has 0 bridgehead atoms. The summed E-state index contributed by atoms with van der Waals surface area (Å²) in [6, 6.07) is 20.6. The van der Waals surface area contributed by atoms with Gasteiger partial charge in [-0.25, -0.2) is 0 Å². The first-order valence-electron chi connectivity index (χ1n) is 9.49. The van der Waals surface area contributed by atoms with E-state index in [1.165, 1.54) is 22.3 Å². The molecule has 5 nitrogen and oxygen atoms in total. The highest BCUT2D eigenvalue weighted by Gasteiger charge is 2.30. The minimum atomic E-state index is -0.0622. The Morgan fingerprint density at radius 2 is 1.79 bits per heavy atom. The topological polar surface area (TPSA) is 51.8 Å². The van der Waals surface area contributed by atoms with Crippen LogP contribution < -0.4 is 14.7 Å². The van der Waals surface area contributed by atoms with E-state index in [1.54, 1.807) is 0 Å². The number of nitrogens with one attached hydrogen (secondary N) is 1. The average Bonchev–Trinajstić information content (AvgIpc) is 3.06. The van der Waals surface area contributed by atoms with E-state index in [0.717, 1.165) is 41.8 Å². The lowest BCUT2D eigenvalue weighted by Gasteiger charge is -2.33. The molecule has 0 amide bonds. The summed E-state index contributed by atoms with van der Waals surface area (Å²) in [5.74, 6) is -0.0622. The number of ketones is 1. The molecule has 1 N–H and O–H groups in total. The quantitative estimate of drug-likeness (QED) is 0.638. The molecule has 0 spiro atoms. The number of carbonyl (C=O) groups excluding carboxylic acids is 1. The highest BCUT2D eigenvalue weighted by molar-refractivity contribution is 8.03. The van der Waals surface area contributed by atoms with Crippen molar-refractivity contribution in [2.45, 2.75) is 4.90 Å². The molecular weight excluding hydrogens is 368 g/mol. The van der Waals surface area contributed by atoms with Gasteiger partial charge in [-0.2, -0.15) is 5.26 Å². The van der Waals surface area contributed by atoms with E-state index in [-0.39, 0.29) is 11.4 Å². The molecule has 4 rings (SSSR count). The van der Waals surface area contributed by atoms with Crippen LogP contribution in [0.5, 0.6) is 0 Å². The van der Waals surface area contributed by atoms with Crippen molar-refractivity contribution in [2.75, 3.05) is 49.6 Å². The maximum Gasteiger partial charge on any atom is 0.230 e. The van der Waals surface area contributed by atoms with Crippen LogP contribution >= 0.6 is 11.8 Å². The Bertz CT molecular complexity index is 943. The van der Waals surface area contributed by atoms with Crippen molar-refractivity contribution in [2.24, 2.45) is 0 Å². The van der Waals surface area contributed by atoms with Gasteiger partial charge in [-0.3, -0.25) is 4.79 Å². The van der Waals surface area contributed by atoms with Crippen molar-refractivity contribution in [1.82, 2.24) is 0 Å². The number of piperazine rings is 1. The number of rotatable bonds is 4. The number of anilines is 2. The number of carbonyl (C=O) groups is 1. The van der Waals surface area contributed by atoms with Crippen LogP contribution in [-0.4, -0.2) is 45.6 Å². The number of quaternary nitrogens is 1. The van der Waals surface area contributed by atoms with Crippen molar-refractivity contribution in [1.29, 1.82) is 5.26 Å². The Balaban J connectivity index is 1.42. The smallest absolute Gasteiger partial charge is 0.230 e. The molecule has 2 aromatic carbocycles. The first-order valence-corrected chi connectivity index (χ1v) is 10.3. The van der Waals surface area contributed by atoms with Gasteiger partial charge in [-0.15, -0.1) is 0 Å². The van der Waals surface area contributed by atoms with Crippen LogP contribution in [0.15, 0.2) is 70.1 Å². The third-order valence-corrected chi connectivity index (χ3v) is 6.58. The molecule has 6 heteroatoms. The van der Waals surface area contributed by atoms with Crippen LogP contribution in [0.25, 0.3) is 0 Å². The number of hydrogen-bond acceptors (Lipinski definition) is 5. The molecule has 0 aromatic heterocycles. The Morgan fingerprint density at radius 3 is 2.46 bits per heavy atom. The number of hydrogen-bond donors (Lipinski definition) is 1. The van der Waals surface area contributed by atoms with Gasteiger partial charge in [0.25, 0.3) is 0 Å². The van der Waals surface area contributed by atoms with Crippen molar-refractivity contribution < 1.29 is 9.69 Å². The minimum absolute atomic E-state index is 0.0622. The normalized spacial score (nSPS) is 18.6. The van der Waals surface area contributed by atoms with Gasteiger partial charge in [0.05, 0.1) is 31.9 Å². The van der Waals surface area contributed by atoms with Crippen molar-refractivity contribution in [3.05, 3.63) is 65.2 Å². The molecule has 2 aliphatic heterocycles. The molecule has 0 unspecified atom stereocenters. The number of Topliss-reactive ketones (excluding diaryl/α,β-unsaturated/α-hetero) is 1. The van der Waals surface area contributed by atoms with E-state index >= 15 is 0 Å². The molecule has 28 heavy (non-hydrogen) atoms. The van der Waals surface area contributed by atoms with Gasteiger partial charge in [0.15, 0.2) is 0 Å². The highest BCUT2D eigenvalue weighted by atomic mass is 32.2. The molecule has 1 saturated heterocycles. The summed E-state index contributed by atoms with van der Waals surface area (Å²) in [7, 11) is 1.92. The average molecular weight is 392 g/mol. The third-order valence-electron chi connectivity index (χ3n) is 5.34. The molecule has 2 aliphatic rings. The highest BCUT2D eigenvalue weighted by Crippen LogP contribution is 2.45. The van der Waals surface area contributed by atoms with Crippen molar-refractivity contribution >= 4 is 28.9 Å². The lowest BCUT2D eigenvalue weighted by Crippen LogP contribution is -3.15. The molecule has 0 saturated carbocycles. The fourth-order valence-electron chi connectivity index (χ4n) is 3.76. The number of para-hydroxylation sites is 2. The predicted octanol–water partition coefficient (Wildman–Crippen LogP) is 1.94. The second-order valence-electron chi connectivity index (χ2n) is 7.09. The number of benzene rings is 2. The summed E-state index contributed by atoms with van der Waals surface area (Å²) >= 11 is 1.51. The fraction of sp³-hybridized carbons (Fsp3) is 0.273. The van der Waals surface area contributed by atoms with E-state index in [9.17, 15) is 10.1 Å². The maximum atomic E-state index is 12.9. The van der Waals surface area contributed by atoms with Gasteiger partial charge in [-0.1, -0.05) is 42.1 Å². The van der Waals surface area contributed by atoms with E-state index in [2.05, 4.69) is 35.2 Å². The number of nitrogens with zero attached hydrogens (tertiary/aromatic N) is 3. The second kappa shape index (κ2) is 8.09. The second-order valence-corrected chi connectivity index (χ2v) is 8.12. The van der Waals surface area contributed by atoms with Gasteiger partial charge in [0.1, 0.15) is 23.2 Å². The van der Waals surface area contributed by atoms with Gasteiger partial charge >= 0.3 is 0 Å². The first-order chi connectivity index (χ1) is 13.7. The van der Waals surface area contributed by atoms with Gasteiger partial charge in [0, 0.05) is 17.6 Å². The standard InChI is InChI=1S/C22H22N4OS/c1-24-19-9-5-6-10-21(19)28-22(24)18(15-23)20(27)16-25-11-13-26(14-12-25)17-7-3-2-4-8-17/h2-10H,11-14,16H2,1H3/p+1/b22-18-. The van der Waals surface area contributed by atoms with Crippen LogP contribution in [0.4, 0.5) is 11.4 Å². The van der Waals surface area contributed by atoms with Crippen LogP contribution in [0.3, 0.4) is 0 Å². The Labute approximate surface area is 169 Å². The van der Waals surface area contributed by atoms with Gasteiger partial charge in [-0.05, 0) is 24.3 Å². The fourth-order valence-corrected chi connectivity index (χ4v) is 4.92. The molecule has 0 aliphatic carbocycles. The summed E-state index contributed by atoms with van der Waals surface area (Å²) in [5, 5.41) is 10.4. The Hall–Kier alpha value is -2.75. The Morgan fingerprint density at radius 1 is 1.11 bits per heavy atom. The molecule has 0 atom stereocenters. The molecule has 0 radical (unpaired) electrons. The van der Waals surface area contributed by atoms with Crippen molar-refractivity contribution in [3.63, 3.8) is 0 Å². The molecule has 142 valence electrons. The number of fused-ring (bicyclic) bond motifs is 1. The zero-order valence-corrected chi connectivity index (χ0v) is 16.7. The first kappa shape index (κ1) is 18.6. The minimum Gasteiger partial charge on any atom is -0.360 e. The monoisotopic (exact) mass is 391 g/mol. The summed E-state index contributed by atoms with van der Waals surface area (Å²) < 4.78 is 0. The summed E-state index contributed by atoms with van der Waals surface area (Å²) in [4.78, 5) is 19.6. The van der Waals surface area contributed by atoms with Crippen LogP contribution in [0.2, 0.25) is 0 Å². The molecule has 2 heterocycles. The Kier molecular flexibility index (Phi) is 5.38. The van der Waals surface area contributed by atoms with E-state index in [1.807, 2.05) is 42.3 Å². The van der Waals surface area contributed by atoms with Crippen LogP contribution in [0.1, 0.15) is 0 Å².